The third kappa shape index (κ3) is 3.77. The number of ether oxygens (including phenoxy) is 1. The fraction of sp³-hybridized carbons (Fsp3) is 0.273. The zero-order chi connectivity index (χ0) is 11.3. The van der Waals surface area contributed by atoms with E-state index in [-0.39, 0.29) is 0 Å². The maximum atomic E-state index is 5.66. The summed E-state index contributed by atoms with van der Waals surface area (Å²) in [5, 5.41) is 0. The van der Waals surface area contributed by atoms with Crippen molar-refractivity contribution in [3.63, 3.8) is 0 Å². The first-order valence-electron chi connectivity index (χ1n) is 4.46. The number of rotatable bonds is 4. The molecule has 0 saturated carbocycles. The molecule has 80 valence electrons. The van der Waals surface area contributed by atoms with Gasteiger partial charge in [-0.1, -0.05) is 0 Å². The Labute approximate surface area is 106 Å². The molecule has 0 aliphatic heterocycles. The normalized spacial score (nSPS) is 9.67. The average molecular weight is 333 g/mol. The number of anilines is 1. The molecule has 0 aromatic heterocycles. The number of nitrogen functional groups attached to an aromatic ring is 1. The lowest BCUT2D eigenvalue weighted by Gasteiger charge is -2.10. The molecule has 0 atom stereocenters. The number of hydrogen-bond donors (Lipinski definition) is 1. The van der Waals surface area contributed by atoms with Crippen molar-refractivity contribution < 1.29 is 4.74 Å². The van der Waals surface area contributed by atoms with Gasteiger partial charge in [0.25, 0.3) is 0 Å². The van der Waals surface area contributed by atoms with Crippen LogP contribution in [0, 0.1) is 12.3 Å². The number of terminal acetylenes is 1. The third-order valence-electron chi connectivity index (χ3n) is 1.73. The van der Waals surface area contributed by atoms with Gasteiger partial charge in [-0.3, -0.25) is 0 Å². The summed E-state index contributed by atoms with van der Waals surface area (Å²) in [4.78, 5) is 0. The van der Waals surface area contributed by atoms with Crippen LogP contribution in [0.4, 0.5) is 5.69 Å². The Morgan fingerprint density at radius 1 is 1.33 bits per heavy atom. The monoisotopic (exact) mass is 331 g/mol. The van der Waals surface area contributed by atoms with E-state index in [0.717, 1.165) is 27.5 Å². The highest BCUT2D eigenvalue weighted by molar-refractivity contribution is 9.11. The molecule has 0 unspecified atom stereocenters. The minimum absolute atomic E-state index is 0.602. The molecule has 1 rings (SSSR count). The van der Waals surface area contributed by atoms with Crippen molar-refractivity contribution in [2.75, 3.05) is 12.3 Å². The van der Waals surface area contributed by atoms with Crippen LogP contribution in [0.5, 0.6) is 5.75 Å². The van der Waals surface area contributed by atoms with E-state index < -0.39 is 0 Å². The minimum Gasteiger partial charge on any atom is -0.491 e. The van der Waals surface area contributed by atoms with Crippen molar-refractivity contribution in [1.29, 1.82) is 0 Å². The molecular formula is C11H11Br2NO. The van der Waals surface area contributed by atoms with E-state index in [1.54, 1.807) is 12.1 Å². The van der Waals surface area contributed by atoms with Crippen LogP contribution in [-0.4, -0.2) is 6.61 Å². The Morgan fingerprint density at radius 2 is 1.93 bits per heavy atom. The van der Waals surface area contributed by atoms with Crippen molar-refractivity contribution in [3.05, 3.63) is 21.1 Å². The molecule has 0 aliphatic rings. The minimum atomic E-state index is 0.602. The van der Waals surface area contributed by atoms with Crippen LogP contribution in [0.2, 0.25) is 0 Å². The van der Waals surface area contributed by atoms with Gasteiger partial charge in [0.15, 0.2) is 0 Å². The Hall–Kier alpha value is -0.660. The number of hydrogen-bond acceptors (Lipinski definition) is 2. The van der Waals surface area contributed by atoms with Gasteiger partial charge in [0, 0.05) is 12.1 Å². The summed E-state index contributed by atoms with van der Waals surface area (Å²) in [6, 6.07) is 3.61. The quantitative estimate of drug-likeness (QED) is 0.519. The number of benzene rings is 1. The number of nitrogens with two attached hydrogens (primary N) is 1. The highest BCUT2D eigenvalue weighted by atomic mass is 79.9. The molecule has 1 aromatic rings. The van der Waals surface area contributed by atoms with Gasteiger partial charge >= 0.3 is 0 Å². The summed E-state index contributed by atoms with van der Waals surface area (Å²) < 4.78 is 7.27. The van der Waals surface area contributed by atoms with E-state index in [4.69, 9.17) is 16.9 Å². The summed E-state index contributed by atoms with van der Waals surface area (Å²) in [6.07, 6.45) is 6.72. The van der Waals surface area contributed by atoms with E-state index in [1.165, 1.54) is 0 Å². The Bertz CT molecular complexity index is 362. The van der Waals surface area contributed by atoms with Crippen LogP contribution in [0.1, 0.15) is 12.8 Å². The Balaban J connectivity index is 2.65. The fourth-order valence-corrected chi connectivity index (χ4v) is 2.52. The molecule has 15 heavy (non-hydrogen) atoms. The maximum Gasteiger partial charge on any atom is 0.147 e. The molecular weight excluding hydrogens is 322 g/mol. The lowest BCUT2D eigenvalue weighted by atomic mass is 10.3. The first-order chi connectivity index (χ1) is 7.15. The number of unbranched alkanes of at least 4 members (excludes halogenated alkanes) is 1. The molecule has 0 saturated heterocycles. The van der Waals surface area contributed by atoms with Gasteiger partial charge in [0.1, 0.15) is 5.75 Å². The second-order valence-corrected chi connectivity index (χ2v) is 4.68. The predicted molar refractivity (Wildman–Crippen MR) is 69.8 cm³/mol. The molecule has 0 radical (unpaired) electrons. The molecule has 0 amide bonds. The van der Waals surface area contributed by atoms with E-state index in [1.807, 2.05) is 0 Å². The van der Waals surface area contributed by atoms with Crippen LogP contribution in [0.3, 0.4) is 0 Å². The maximum absolute atomic E-state index is 5.66. The topological polar surface area (TPSA) is 35.2 Å². The van der Waals surface area contributed by atoms with Crippen molar-refractivity contribution in [3.8, 4) is 18.1 Å². The zero-order valence-electron chi connectivity index (χ0n) is 8.09. The molecule has 0 bridgehead atoms. The van der Waals surface area contributed by atoms with E-state index in [0.29, 0.717) is 12.3 Å². The highest BCUT2D eigenvalue weighted by Gasteiger charge is 2.07. The summed E-state index contributed by atoms with van der Waals surface area (Å²) in [6.45, 7) is 0.602. The van der Waals surface area contributed by atoms with Gasteiger partial charge in [-0.25, -0.2) is 0 Å². The van der Waals surface area contributed by atoms with Crippen molar-refractivity contribution in [2.45, 2.75) is 12.8 Å². The molecule has 0 aliphatic carbocycles. The number of halogens is 2. The second-order valence-electron chi connectivity index (χ2n) is 2.97. The molecule has 2 N–H and O–H groups in total. The van der Waals surface area contributed by atoms with Crippen LogP contribution in [-0.2, 0) is 0 Å². The molecule has 2 nitrogen and oxygen atoms in total. The van der Waals surface area contributed by atoms with Crippen molar-refractivity contribution in [1.82, 2.24) is 0 Å². The van der Waals surface area contributed by atoms with Gasteiger partial charge in [0.05, 0.1) is 15.6 Å². The van der Waals surface area contributed by atoms with Gasteiger partial charge in [-0.05, 0) is 50.4 Å². The first kappa shape index (κ1) is 12.4. The van der Waals surface area contributed by atoms with Gasteiger partial charge in [-0.15, -0.1) is 12.3 Å². The van der Waals surface area contributed by atoms with Crippen LogP contribution < -0.4 is 10.5 Å². The van der Waals surface area contributed by atoms with Crippen LogP contribution >= 0.6 is 31.9 Å². The Morgan fingerprint density at radius 3 is 2.47 bits per heavy atom. The van der Waals surface area contributed by atoms with Gasteiger partial charge < -0.3 is 10.5 Å². The predicted octanol–water partition coefficient (Wildman–Crippen LogP) is 3.59. The SMILES string of the molecule is C#CCCCOc1c(Br)cc(N)cc1Br. The summed E-state index contributed by atoms with van der Waals surface area (Å²) >= 11 is 6.78. The summed E-state index contributed by atoms with van der Waals surface area (Å²) in [5.74, 6) is 3.33. The second kappa shape index (κ2) is 6.04. The smallest absolute Gasteiger partial charge is 0.147 e. The van der Waals surface area contributed by atoms with E-state index >= 15 is 0 Å². The summed E-state index contributed by atoms with van der Waals surface area (Å²) in [7, 11) is 0. The Kier molecular flexibility index (Phi) is 5.00. The van der Waals surface area contributed by atoms with Crippen molar-refractivity contribution >= 4 is 37.5 Å². The lowest BCUT2D eigenvalue weighted by molar-refractivity contribution is 0.309. The molecule has 0 heterocycles. The van der Waals surface area contributed by atoms with Crippen LogP contribution in [0.15, 0.2) is 21.1 Å². The highest BCUT2D eigenvalue weighted by Crippen LogP contribution is 2.35. The average Bonchev–Trinajstić information content (AvgIpc) is 2.15. The summed E-state index contributed by atoms with van der Waals surface area (Å²) in [5.41, 5.74) is 6.35. The molecule has 4 heteroatoms. The van der Waals surface area contributed by atoms with Crippen LogP contribution in [0.25, 0.3) is 0 Å². The third-order valence-corrected chi connectivity index (χ3v) is 2.91. The van der Waals surface area contributed by atoms with Gasteiger partial charge in [-0.2, -0.15) is 0 Å². The molecule has 1 aromatic carbocycles. The lowest BCUT2D eigenvalue weighted by Crippen LogP contribution is -1.99. The van der Waals surface area contributed by atoms with E-state index in [9.17, 15) is 0 Å². The first-order valence-corrected chi connectivity index (χ1v) is 6.04. The zero-order valence-corrected chi connectivity index (χ0v) is 11.3. The fourth-order valence-electron chi connectivity index (χ4n) is 1.07. The standard InChI is InChI=1S/C11H11Br2NO/c1-2-3-4-5-15-11-9(12)6-8(14)7-10(11)13/h1,6-7H,3-5,14H2. The van der Waals surface area contributed by atoms with Crippen molar-refractivity contribution in [2.24, 2.45) is 0 Å². The molecule has 0 fully saturated rings. The largest absolute Gasteiger partial charge is 0.491 e. The van der Waals surface area contributed by atoms with E-state index in [2.05, 4.69) is 37.8 Å². The van der Waals surface area contributed by atoms with Gasteiger partial charge in [0.2, 0.25) is 0 Å². The molecule has 0 spiro atoms.